The van der Waals surface area contributed by atoms with E-state index in [0.29, 0.717) is 11.8 Å². The van der Waals surface area contributed by atoms with Gasteiger partial charge >= 0.3 is 0 Å². The molecule has 2 heteroatoms. The molecule has 0 aromatic heterocycles. The quantitative estimate of drug-likeness (QED) is 0.162. The Labute approximate surface area is 324 Å². The summed E-state index contributed by atoms with van der Waals surface area (Å²) < 4.78 is 0. The summed E-state index contributed by atoms with van der Waals surface area (Å²) in [6, 6.07) is 24.3. The van der Waals surface area contributed by atoms with Gasteiger partial charge in [-0.15, -0.1) is 0 Å². The predicted molar refractivity (Wildman–Crippen MR) is 235 cm³/mol. The molecule has 3 aliphatic rings. The van der Waals surface area contributed by atoms with E-state index in [-0.39, 0.29) is 6.04 Å². The SMILES string of the molecule is CC1=CC(N(C2=CC(C)C(C)C(C)=C2)c2ccc3c4c2ccc2ccc(N(c5cc(C)c(C)c(C)c5)c5cc(C)c(C)c(C)c5)c(c24)CC3)CC(C)=C1C. The molecule has 0 amide bonds. The molecule has 3 unspecified atom stereocenters. The van der Waals surface area contributed by atoms with E-state index in [0.717, 1.165) is 19.3 Å². The monoisotopic (exact) mass is 710 g/mol. The first-order chi connectivity index (χ1) is 25.7. The topological polar surface area (TPSA) is 6.48 Å². The standard InChI is InChI=1S/C52H58N2/c1-29-21-43(22-30(2)37(29)9)53(44-23-31(3)38(10)32(4)24-44)49-19-15-41-14-18-48-50(20-16-42-13-17-47(49)51(41)52(42)48)54(45-25-33(5)39(11)34(6)26-45)46-27-35(7)40(12)36(8)28-46/h13,15-17,19-23,25-29,37,44H,14,18,24H2,1-12H3. The van der Waals surface area contributed by atoms with Crippen molar-refractivity contribution in [2.75, 3.05) is 9.80 Å². The van der Waals surface area contributed by atoms with Gasteiger partial charge in [0.05, 0.1) is 6.04 Å². The second-order valence-electron chi connectivity index (χ2n) is 17.2. The van der Waals surface area contributed by atoms with Crippen molar-refractivity contribution < 1.29 is 0 Å². The zero-order chi connectivity index (χ0) is 38.3. The van der Waals surface area contributed by atoms with Crippen LogP contribution in [0.1, 0.15) is 92.5 Å². The summed E-state index contributed by atoms with van der Waals surface area (Å²) in [5.74, 6) is 1.02. The molecule has 0 aliphatic heterocycles. The van der Waals surface area contributed by atoms with E-state index >= 15 is 0 Å². The van der Waals surface area contributed by atoms with E-state index in [9.17, 15) is 0 Å². The zero-order valence-electron chi connectivity index (χ0n) is 34.8. The average molecular weight is 711 g/mol. The van der Waals surface area contributed by atoms with E-state index in [1.54, 1.807) is 0 Å². The molecule has 3 aliphatic carbocycles. The third-order valence-electron chi connectivity index (χ3n) is 13.9. The summed E-state index contributed by atoms with van der Waals surface area (Å²) in [6.07, 6.45) is 10.6. The average Bonchev–Trinajstić information content (AvgIpc) is 3.14. The van der Waals surface area contributed by atoms with Crippen LogP contribution in [-0.2, 0) is 12.8 Å². The molecular formula is C52H58N2. The van der Waals surface area contributed by atoms with Crippen molar-refractivity contribution in [1.82, 2.24) is 0 Å². The summed E-state index contributed by atoms with van der Waals surface area (Å²) in [5, 5.41) is 5.55. The lowest BCUT2D eigenvalue weighted by molar-refractivity contribution is 0.514. The fourth-order valence-electron chi connectivity index (χ4n) is 9.57. The maximum atomic E-state index is 2.69. The minimum absolute atomic E-state index is 0.250. The molecule has 0 saturated heterocycles. The zero-order valence-corrected chi connectivity index (χ0v) is 34.8. The lowest BCUT2D eigenvalue weighted by atomic mass is 9.82. The predicted octanol–water partition coefficient (Wildman–Crippen LogP) is 14.4. The number of hydrogen-bond donors (Lipinski definition) is 0. The van der Waals surface area contributed by atoms with E-state index < -0.39 is 0 Å². The molecule has 5 aromatic carbocycles. The highest BCUT2D eigenvalue weighted by molar-refractivity contribution is 6.17. The Kier molecular flexibility index (Phi) is 9.03. The minimum atomic E-state index is 0.250. The molecule has 0 radical (unpaired) electrons. The van der Waals surface area contributed by atoms with Gasteiger partial charge in [0.1, 0.15) is 0 Å². The Morgan fingerprint density at radius 2 is 1.20 bits per heavy atom. The van der Waals surface area contributed by atoms with Crippen LogP contribution < -0.4 is 9.80 Å². The Morgan fingerprint density at radius 1 is 0.611 bits per heavy atom. The van der Waals surface area contributed by atoms with Gasteiger partial charge in [-0.3, -0.25) is 0 Å². The highest BCUT2D eigenvalue weighted by Gasteiger charge is 2.31. The Balaban J connectivity index is 1.40. The number of hydrogen-bond acceptors (Lipinski definition) is 2. The smallest absolute Gasteiger partial charge is 0.0565 e. The number of benzene rings is 5. The lowest BCUT2D eigenvalue weighted by Crippen LogP contribution is -2.36. The van der Waals surface area contributed by atoms with Crippen LogP contribution in [0.4, 0.5) is 22.7 Å². The van der Waals surface area contributed by atoms with Crippen LogP contribution >= 0.6 is 0 Å². The van der Waals surface area contributed by atoms with Crippen LogP contribution in [0.3, 0.4) is 0 Å². The minimum Gasteiger partial charge on any atom is -0.334 e. The van der Waals surface area contributed by atoms with Crippen LogP contribution in [0.25, 0.3) is 21.5 Å². The molecule has 0 saturated carbocycles. The molecule has 2 nitrogen and oxygen atoms in total. The van der Waals surface area contributed by atoms with Crippen molar-refractivity contribution >= 4 is 44.3 Å². The van der Waals surface area contributed by atoms with Crippen LogP contribution in [0, 0.1) is 53.4 Å². The number of rotatable bonds is 6. The molecular weight excluding hydrogens is 653 g/mol. The van der Waals surface area contributed by atoms with Crippen molar-refractivity contribution in [2.24, 2.45) is 11.8 Å². The molecule has 8 rings (SSSR count). The van der Waals surface area contributed by atoms with Gasteiger partial charge in [0, 0.05) is 33.8 Å². The summed E-state index contributed by atoms with van der Waals surface area (Å²) in [6.45, 7) is 27.5. The van der Waals surface area contributed by atoms with Crippen LogP contribution in [-0.4, -0.2) is 6.04 Å². The lowest BCUT2D eigenvalue weighted by Gasteiger charge is -2.39. The molecule has 0 N–H and O–H groups in total. The van der Waals surface area contributed by atoms with Gasteiger partial charge < -0.3 is 9.80 Å². The normalized spacial score (nSPS) is 19.7. The van der Waals surface area contributed by atoms with E-state index in [1.807, 2.05) is 0 Å². The first-order valence-corrected chi connectivity index (χ1v) is 20.2. The fourth-order valence-corrected chi connectivity index (χ4v) is 9.57. The van der Waals surface area contributed by atoms with Gasteiger partial charge in [0.15, 0.2) is 0 Å². The Bertz CT molecular complexity index is 2410. The van der Waals surface area contributed by atoms with Crippen LogP contribution in [0.5, 0.6) is 0 Å². The second kappa shape index (κ2) is 13.5. The molecule has 54 heavy (non-hydrogen) atoms. The van der Waals surface area contributed by atoms with Gasteiger partial charge in [0.2, 0.25) is 0 Å². The largest absolute Gasteiger partial charge is 0.334 e. The number of aryl methyl sites for hydroxylation is 6. The maximum absolute atomic E-state index is 2.69. The number of anilines is 4. The molecule has 276 valence electrons. The van der Waals surface area contributed by atoms with Gasteiger partial charge in [-0.2, -0.15) is 0 Å². The molecule has 0 fully saturated rings. The van der Waals surface area contributed by atoms with Crippen molar-refractivity contribution in [1.29, 1.82) is 0 Å². The van der Waals surface area contributed by atoms with Crippen LogP contribution in [0.2, 0.25) is 0 Å². The summed E-state index contributed by atoms with van der Waals surface area (Å²) in [4.78, 5) is 5.25. The Hall–Kier alpha value is -4.82. The highest BCUT2D eigenvalue weighted by atomic mass is 15.2. The van der Waals surface area contributed by atoms with Crippen LogP contribution in [0.15, 0.2) is 107 Å². The van der Waals surface area contributed by atoms with E-state index in [4.69, 9.17) is 0 Å². The van der Waals surface area contributed by atoms with Gasteiger partial charge in [-0.1, -0.05) is 67.0 Å². The first-order valence-electron chi connectivity index (χ1n) is 20.2. The molecule has 3 atom stereocenters. The van der Waals surface area contributed by atoms with Crippen molar-refractivity contribution in [2.45, 2.75) is 108 Å². The molecule has 0 spiro atoms. The second-order valence-corrected chi connectivity index (χ2v) is 17.2. The maximum Gasteiger partial charge on any atom is 0.0565 e. The molecule has 0 bridgehead atoms. The molecule has 5 aromatic rings. The van der Waals surface area contributed by atoms with Gasteiger partial charge in [-0.25, -0.2) is 0 Å². The first kappa shape index (κ1) is 36.2. The third-order valence-corrected chi connectivity index (χ3v) is 13.9. The van der Waals surface area contributed by atoms with Crippen molar-refractivity contribution in [3.05, 3.63) is 151 Å². The summed E-state index contributed by atoms with van der Waals surface area (Å²) in [5.41, 5.74) is 23.2. The fraction of sp³-hybridized carbons (Fsp3) is 0.346. The van der Waals surface area contributed by atoms with E-state index in [2.05, 4.69) is 172 Å². The highest BCUT2D eigenvalue weighted by Crippen LogP contribution is 2.48. The summed E-state index contributed by atoms with van der Waals surface area (Å²) in [7, 11) is 0. The van der Waals surface area contributed by atoms with Crippen molar-refractivity contribution in [3.8, 4) is 0 Å². The Morgan fingerprint density at radius 3 is 1.80 bits per heavy atom. The third kappa shape index (κ3) is 5.85. The van der Waals surface area contributed by atoms with Crippen molar-refractivity contribution in [3.63, 3.8) is 0 Å². The van der Waals surface area contributed by atoms with E-state index in [1.165, 1.54) is 117 Å². The summed E-state index contributed by atoms with van der Waals surface area (Å²) >= 11 is 0. The van der Waals surface area contributed by atoms with Gasteiger partial charge in [0.25, 0.3) is 0 Å². The van der Waals surface area contributed by atoms with Gasteiger partial charge in [-0.05, 0) is 209 Å². The molecule has 0 heterocycles. The number of allylic oxidation sites excluding steroid dienone is 5. The number of nitrogens with zero attached hydrogens (tertiary/aromatic N) is 2.